The van der Waals surface area contributed by atoms with Gasteiger partial charge in [-0.05, 0) is 31.2 Å². The fraction of sp³-hybridized carbons (Fsp3) is 0.222. The zero-order valence-corrected chi connectivity index (χ0v) is 15.3. The summed E-state index contributed by atoms with van der Waals surface area (Å²) in [6, 6.07) is 6.36. The van der Waals surface area contributed by atoms with E-state index in [4.69, 9.17) is 4.74 Å². The molecule has 1 atom stereocenters. The lowest BCUT2D eigenvalue weighted by atomic mass is 10.1. The van der Waals surface area contributed by atoms with Crippen LogP contribution in [-0.4, -0.2) is 35.3 Å². The molecule has 2 aromatic rings. The number of aromatic nitrogens is 1. The molecule has 0 unspecified atom stereocenters. The van der Waals surface area contributed by atoms with E-state index < -0.39 is 12.1 Å². The second kappa shape index (κ2) is 8.91. The number of thiazole rings is 1. The van der Waals surface area contributed by atoms with Gasteiger partial charge in [-0.1, -0.05) is 6.08 Å². The smallest absolute Gasteiger partial charge is 0.358 e. The zero-order chi connectivity index (χ0) is 19.1. The van der Waals surface area contributed by atoms with Gasteiger partial charge in [0.1, 0.15) is 0 Å². The summed E-state index contributed by atoms with van der Waals surface area (Å²) in [4.78, 5) is 39.6. The number of amides is 1. The summed E-state index contributed by atoms with van der Waals surface area (Å²) in [7, 11) is 0. The number of nitrogens with zero attached hydrogens (tertiary/aromatic N) is 1. The van der Waals surface area contributed by atoms with Crippen molar-refractivity contribution in [1.82, 2.24) is 4.98 Å². The maximum atomic E-state index is 12.4. The van der Waals surface area contributed by atoms with Gasteiger partial charge in [-0.2, -0.15) is 0 Å². The average Bonchev–Trinajstić information content (AvgIpc) is 3.08. The van der Waals surface area contributed by atoms with Gasteiger partial charge in [0.2, 0.25) is 11.7 Å². The second-order valence-corrected chi connectivity index (χ2v) is 6.24. The first kappa shape index (κ1) is 19.3. The molecule has 1 aromatic heterocycles. The first-order chi connectivity index (χ1) is 12.4. The van der Waals surface area contributed by atoms with E-state index in [0.717, 1.165) is 0 Å². The van der Waals surface area contributed by atoms with E-state index in [1.807, 2.05) is 0 Å². The number of ketones is 1. The average molecular weight is 373 g/mol. The van der Waals surface area contributed by atoms with Crippen LogP contribution in [0.15, 0.2) is 42.3 Å². The minimum absolute atomic E-state index is 0.141. The molecule has 0 aliphatic heterocycles. The molecule has 0 fully saturated rings. The normalized spacial score (nSPS) is 11.3. The number of Topliss-reactive ketones (excluding diaryl/α,β-unsaturated/α-hetero) is 1. The highest BCUT2D eigenvalue weighted by Crippen LogP contribution is 2.17. The van der Waals surface area contributed by atoms with E-state index in [2.05, 4.69) is 22.2 Å². The molecule has 26 heavy (non-hydrogen) atoms. The maximum Gasteiger partial charge on any atom is 0.358 e. The molecule has 1 amide bonds. The summed E-state index contributed by atoms with van der Waals surface area (Å²) in [5.41, 5.74) is 1.11. The second-order valence-electron chi connectivity index (χ2n) is 5.38. The largest absolute Gasteiger partial charge is 0.450 e. The molecular formula is C18H19N3O4S. The number of ether oxygens (including phenoxy) is 1. The van der Waals surface area contributed by atoms with E-state index in [-0.39, 0.29) is 17.4 Å². The Labute approximate surface area is 155 Å². The Bertz CT molecular complexity index is 814. The molecule has 2 N–H and O–H groups in total. The van der Waals surface area contributed by atoms with Crippen LogP contribution in [0.4, 0.5) is 10.8 Å². The Morgan fingerprint density at radius 1 is 1.31 bits per heavy atom. The van der Waals surface area contributed by atoms with Crippen molar-refractivity contribution in [2.45, 2.75) is 20.0 Å². The third-order valence-electron chi connectivity index (χ3n) is 3.25. The molecule has 0 aliphatic rings. The molecule has 0 saturated heterocycles. The molecule has 1 heterocycles. The van der Waals surface area contributed by atoms with Crippen molar-refractivity contribution in [3.63, 3.8) is 0 Å². The molecule has 0 radical (unpaired) electrons. The number of esters is 1. The third kappa shape index (κ3) is 5.25. The fourth-order valence-electron chi connectivity index (χ4n) is 2.04. The van der Waals surface area contributed by atoms with E-state index in [1.165, 1.54) is 25.2 Å². The molecule has 8 heteroatoms. The van der Waals surface area contributed by atoms with Gasteiger partial charge in [-0.25, -0.2) is 9.78 Å². The molecule has 1 aromatic carbocycles. The third-order valence-corrected chi connectivity index (χ3v) is 4.05. The van der Waals surface area contributed by atoms with Crippen molar-refractivity contribution in [3.8, 4) is 0 Å². The van der Waals surface area contributed by atoms with Gasteiger partial charge >= 0.3 is 5.97 Å². The van der Waals surface area contributed by atoms with Gasteiger partial charge < -0.3 is 15.4 Å². The first-order valence-electron chi connectivity index (χ1n) is 7.84. The highest BCUT2D eigenvalue weighted by Gasteiger charge is 2.22. The van der Waals surface area contributed by atoms with Crippen LogP contribution in [0.25, 0.3) is 0 Å². The summed E-state index contributed by atoms with van der Waals surface area (Å²) >= 11 is 1.27. The van der Waals surface area contributed by atoms with Gasteiger partial charge in [0.05, 0.1) is 0 Å². The standard InChI is InChI=1S/C18H19N3O4S/c1-4-9-19-18-21-15(10-26-18)17(24)25-11(2)16(23)13-5-7-14(8-6-13)20-12(3)22/h4-8,10-11H,1,9H2,2-3H3,(H,19,21)(H,20,22)/t11-/m1/s1. The van der Waals surface area contributed by atoms with Crippen LogP contribution in [0.3, 0.4) is 0 Å². The number of hydrogen-bond acceptors (Lipinski definition) is 7. The Morgan fingerprint density at radius 2 is 2.00 bits per heavy atom. The van der Waals surface area contributed by atoms with E-state index in [0.29, 0.717) is 22.9 Å². The Kier molecular flexibility index (Phi) is 6.62. The fourth-order valence-corrected chi connectivity index (χ4v) is 2.73. The van der Waals surface area contributed by atoms with Crippen LogP contribution in [0, 0.1) is 0 Å². The first-order valence-corrected chi connectivity index (χ1v) is 8.72. The molecular weight excluding hydrogens is 354 g/mol. The van der Waals surface area contributed by atoms with E-state index in [9.17, 15) is 14.4 Å². The number of benzene rings is 1. The van der Waals surface area contributed by atoms with Crippen molar-refractivity contribution in [3.05, 3.63) is 53.6 Å². The van der Waals surface area contributed by atoms with Crippen LogP contribution in [0.5, 0.6) is 0 Å². The van der Waals surface area contributed by atoms with Gasteiger partial charge in [-0.3, -0.25) is 9.59 Å². The van der Waals surface area contributed by atoms with Gasteiger partial charge in [0.15, 0.2) is 16.9 Å². The highest BCUT2D eigenvalue weighted by molar-refractivity contribution is 7.13. The summed E-state index contributed by atoms with van der Waals surface area (Å²) in [5, 5.41) is 7.73. The predicted molar refractivity (Wildman–Crippen MR) is 101 cm³/mol. The number of rotatable bonds is 8. The summed E-state index contributed by atoms with van der Waals surface area (Å²) in [5.74, 6) is -1.20. The summed E-state index contributed by atoms with van der Waals surface area (Å²) in [6.45, 7) is 7.03. The molecule has 0 spiro atoms. The van der Waals surface area contributed by atoms with Gasteiger partial charge in [0.25, 0.3) is 0 Å². The van der Waals surface area contributed by atoms with Crippen LogP contribution in [0.2, 0.25) is 0 Å². The number of hydrogen-bond donors (Lipinski definition) is 2. The maximum absolute atomic E-state index is 12.4. The summed E-state index contributed by atoms with van der Waals surface area (Å²) in [6.07, 6.45) is 0.720. The van der Waals surface area contributed by atoms with E-state index in [1.54, 1.807) is 35.7 Å². The number of carbonyl (C=O) groups excluding carboxylic acids is 3. The van der Waals surface area contributed by atoms with Crippen LogP contribution < -0.4 is 10.6 Å². The quantitative estimate of drug-likeness (QED) is 0.419. The monoisotopic (exact) mass is 373 g/mol. The molecule has 2 rings (SSSR count). The number of carbonyl (C=O) groups is 3. The lowest BCUT2D eigenvalue weighted by molar-refractivity contribution is -0.114. The lowest BCUT2D eigenvalue weighted by Crippen LogP contribution is -2.24. The highest BCUT2D eigenvalue weighted by atomic mass is 32.1. The van der Waals surface area contributed by atoms with Crippen LogP contribution in [-0.2, 0) is 9.53 Å². The SMILES string of the molecule is C=CCNc1nc(C(=O)O[C@H](C)C(=O)c2ccc(NC(C)=O)cc2)cs1. The van der Waals surface area contributed by atoms with E-state index >= 15 is 0 Å². The summed E-state index contributed by atoms with van der Waals surface area (Å²) < 4.78 is 5.20. The molecule has 0 saturated carbocycles. The number of nitrogens with one attached hydrogen (secondary N) is 2. The Balaban J connectivity index is 1.97. The van der Waals surface area contributed by atoms with Crippen LogP contribution in [0.1, 0.15) is 34.7 Å². The molecule has 0 bridgehead atoms. The van der Waals surface area contributed by atoms with Crippen molar-refractivity contribution >= 4 is 39.8 Å². The molecule has 0 aliphatic carbocycles. The lowest BCUT2D eigenvalue weighted by Gasteiger charge is -2.12. The number of anilines is 2. The van der Waals surface area contributed by atoms with Gasteiger partial charge in [0, 0.05) is 30.1 Å². The van der Waals surface area contributed by atoms with Gasteiger partial charge in [-0.15, -0.1) is 17.9 Å². The Hall–Kier alpha value is -3.00. The van der Waals surface area contributed by atoms with Crippen molar-refractivity contribution < 1.29 is 19.1 Å². The van der Waals surface area contributed by atoms with Crippen molar-refractivity contribution in [1.29, 1.82) is 0 Å². The zero-order valence-electron chi connectivity index (χ0n) is 14.4. The molecule has 136 valence electrons. The Morgan fingerprint density at radius 3 is 2.62 bits per heavy atom. The predicted octanol–water partition coefficient (Wildman–Crippen LogP) is 3.13. The topological polar surface area (TPSA) is 97.4 Å². The van der Waals surface area contributed by atoms with Crippen LogP contribution >= 0.6 is 11.3 Å². The molecule has 7 nitrogen and oxygen atoms in total. The van der Waals surface area contributed by atoms with Crippen molar-refractivity contribution in [2.75, 3.05) is 17.2 Å². The van der Waals surface area contributed by atoms with Crippen molar-refractivity contribution in [2.24, 2.45) is 0 Å². The minimum Gasteiger partial charge on any atom is -0.450 e. The minimum atomic E-state index is -0.958.